The highest BCUT2D eigenvalue weighted by Crippen LogP contribution is 2.17. The molecule has 1 aromatic rings. The molecule has 0 atom stereocenters. The van der Waals surface area contributed by atoms with Gasteiger partial charge in [0, 0.05) is 25.8 Å². The quantitative estimate of drug-likeness (QED) is 0.511. The minimum absolute atomic E-state index is 0.725. The van der Waals surface area contributed by atoms with Crippen molar-refractivity contribution >= 4 is 0 Å². The fraction of sp³-hybridized carbons (Fsp3) is 0.467. The van der Waals surface area contributed by atoms with Crippen LogP contribution in [0.5, 0.6) is 5.75 Å². The van der Waals surface area contributed by atoms with Crippen molar-refractivity contribution in [1.82, 2.24) is 5.32 Å². The average molecular weight is 249 g/mol. The Morgan fingerprint density at radius 2 is 2.11 bits per heavy atom. The first-order valence-corrected chi connectivity index (χ1v) is 6.39. The van der Waals surface area contributed by atoms with Gasteiger partial charge in [-0.2, -0.15) is 0 Å². The minimum Gasteiger partial charge on any atom is -0.493 e. The van der Waals surface area contributed by atoms with Crippen LogP contribution >= 0.6 is 0 Å². The molecule has 100 valence electrons. The Balaban J connectivity index is 2.38. The number of nitrogens with one attached hydrogen (secondary N) is 1. The topological polar surface area (TPSA) is 30.5 Å². The fourth-order valence-corrected chi connectivity index (χ4v) is 1.60. The van der Waals surface area contributed by atoms with Crippen LogP contribution in [0.2, 0.25) is 0 Å². The Bertz CT molecular complexity index is 339. The summed E-state index contributed by atoms with van der Waals surface area (Å²) in [6.07, 6.45) is 3.92. The molecule has 0 aliphatic rings. The van der Waals surface area contributed by atoms with Gasteiger partial charge in [0.1, 0.15) is 5.75 Å². The number of methoxy groups -OCH3 is 1. The lowest BCUT2D eigenvalue weighted by atomic mass is 10.2. The highest BCUT2D eigenvalue weighted by Gasteiger charge is 2.01. The molecule has 0 aromatic heterocycles. The Morgan fingerprint density at radius 3 is 2.89 bits per heavy atom. The van der Waals surface area contributed by atoms with Gasteiger partial charge in [-0.25, -0.2) is 0 Å². The van der Waals surface area contributed by atoms with E-state index in [0.29, 0.717) is 0 Å². The van der Waals surface area contributed by atoms with Gasteiger partial charge >= 0.3 is 0 Å². The molecule has 1 N–H and O–H groups in total. The molecular weight excluding hydrogens is 226 g/mol. The van der Waals surface area contributed by atoms with E-state index < -0.39 is 0 Å². The zero-order valence-electron chi connectivity index (χ0n) is 11.2. The van der Waals surface area contributed by atoms with E-state index >= 15 is 0 Å². The predicted octanol–water partition coefficient (Wildman–Crippen LogP) is 2.77. The number of hydrogen-bond acceptors (Lipinski definition) is 3. The highest BCUT2D eigenvalue weighted by atomic mass is 16.5. The molecule has 0 aliphatic carbocycles. The SMILES string of the molecule is C=CCCCOc1ccccc1CNCCOC. The normalized spacial score (nSPS) is 10.3. The summed E-state index contributed by atoms with van der Waals surface area (Å²) in [5.41, 5.74) is 1.19. The molecule has 1 rings (SSSR count). The molecule has 18 heavy (non-hydrogen) atoms. The lowest BCUT2D eigenvalue weighted by molar-refractivity contribution is 0.199. The monoisotopic (exact) mass is 249 g/mol. The summed E-state index contributed by atoms with van der Waals surface area (Å²) in [5.74, 6) is 0.964. The number of benzene rings is 1. The first-order valence-electron chi connectivity index (χ1n) is 6.39. The van der Waals surface area contributed by atoms with Crippen molar-refractivity contribution in [3.63, 3.8) is 0 Å². The van der Waals surface area contributed by atoms with Gasteiger partial charge in [-0.1, -0.05) is 24.3 Å². The third-order valence-electron chi connectivity index (χ3n) is 2.58. The standard InChI is InChI=1S/C15H23NO2/c1-3-4-7-11-18-15-9-6-5-8-14(15)13-16-10-12-17-2/h3,5-6,8-9,16H,1,4,7,10-13H2,2H3. The largest absolute Gasteiger partial charge is 0.493 e. The first kappa shape index (κ1) is 14.7. The van der Waals surface area contributed by atoms with Crippen LogP contribution in [0, 0.1) is 0 Å². The molecule has 0 amide bonds. The van der Waals surface area contributed by atoms with Gasteiger partial charge in [0.2, 0.25) is 0 Å². The lowest BCUT2D eigenvalue weighted by Gasteiger charge is -2.11. The average Bonchev–Trinajstić information content (AvgIpc) is 2.41. The van der Waals surface area contributed by atoms with Crippen molar-refractivity contribution in [3.8, 4) is 5.75 Å². The van der Waals surface area contributed by atoms with Crippen LogP contribution in [0.3, 0.4) is 0 Å². The molecule has 1 aromatic carbocycles. The van der Waals surface area contributed by atoms with Gasteiger partial charge in [0.05, 0.1) is 13.2 Å². The van der Waals surface area contributed by atoms with Gasteiger partial charge in [0.15, 0.2) is 0 Å². The summed E-state index contributed by atoms with van der Waals surface area (Å²) in [6, 6.07) is 8.13. The summed E-state index contributed by atoms with van der Waals surface area (Å²) in [5, 5.41) is 3.32. The van der Waals surface area contributed by atoms with E-state index in [9.17, 15) is 0 Å². The van der Waals surface area contributed by atoms with E-state index in [4.69, 9.17) is 9.47 Å². The van der Waals surface area contributed by atoms with Crippen LogP contribution in [-0.2, 0) is 11.3 Å². The van der Waals surface area contributed by atoms with Crippen LogP contribution in [0.4, 0.5) is 0 Å². The van der Waals surface area contributed by atoms with Gasteiger partial charge in [-0.3, -0.25) is 0 Å². The zero-order chi connectivity index (χ0) is 13.1. The van der Waals surface area contributed by atoms with Gasteiger partial charge in [-0.15, -0.1) is 6.58 Å². The highest BCUT2D eigenvalue weighted by molar-refractivity contribution is 5.33. The molecule has 0 saturated carbocycles. The summed E-state index contributed by atoms with van der Waals surface area (Å²) < 4.78 is 10.8. The molecule has 0 spiro atoms. The summed E-state index contributed by atoms with van der Waals surface area (Å²) in [4.78, 5) is 0. The Hall–Kier alpha value is -1.32. The van der Waals surface area contributed by atoms with Crippen molar-refractivity contribution in [2.24, 2.45) is 0 Å². The van der Waals surface area contributed by atoms with E-state index in [0.717, 1.165) is 44.9 Å². The van der Waals surface area contributed by atoms with Crippen molar-refractivity contribution < 1.29 is 9.47 Å². The van der Waals surface area contributed by atoms with E-state index in [1.807, 2.05) is 24.3 Å². The third-order valence-corrected chi connectivity index (χ3v) is 2.58. The molecule has 0 bridgehead atoms. The van der Waals surface area contributed by atoms with Crippen LogP contribution in [0.1, 0.15) is 18.4 Å². The maximum Gasteiger partial charge on any atom is 0.123 e. The summed E-state index contributed by atoms with van der Waals surface area (Å²) in [7, 11) is 1.71. The van der Waals surface area contributed by atoms with Crippen LogP contribution in [0.25, 0.3) is 0 Å². The van der Waals surface area contributed by atoms with Crippen molar-refractivity contribution in [3.05, 3.63) is 42.5 Å². The van der Waals surface area contributed by atoms with Gasteiger partial charge in [-0.05, 0) is 18.9 Å². The summed E-state index contributed by atoms with van der Waals surface area (Å²) >= 11 is 0. The molecular formula is C15H23NO2. The molecule has 3 heteroatoms. The Labute approximate surface area is 110 Å². The van der Waals surface area contributed by atoms with E-state index in [1.165, 1.54) is 5.56 Å². The third kappa shape index (κ3) is 5.84. The Morgan fingerprint density at radius 1 is 1.28 bits per heavy atom. The maximum atomic E-state index is 5.78. The van der Waals surface area contributed by atoms with Gasteiger partial charge < -0.3 is 14.8 Å². The van der Waals surface area contributed by atoms with Crippen molar-refractivity contribution in [2.45, 2.75) is 19.4 Å². The minimum atomic E-state index is 0.725. The number of hydrogen-bond donors (Lipinski definition) is 1. The molecule has 0 unspecified atom stereocenters. The van der Waals surface area contributed by atoms with Crippen molar-refractivity contribution in [1.29, 1.82) is 0 Å². The number of ether oxygens (including phenoxy) is 2. The first-order chi connectivity index (χ1) is 8.88. The summed E-state index contributed by atoms with van der Waals surface area (Å²) in [6.45, 7) is 6.82. The molecule has 3 nitrogen and oxygen atoms in total. The lowest BCUT2D eigenvalue weighted by Crippen LogP contribution is -2.19. The van der Waals surface area contributed by atoms with Gasteiger partial charge in [0.25, 0.3) is 0 Å². The second-order valence-electron chi connectivity index (χ2n) is 4.06. The van der Waals surface area contributed by atoms with Crippen LogP contribution in [-0.4, -0.2) is 26.9 Å². The fourth-order valence-electron chi connectivity index (χ4n) is 1.60. The number of rotatable bonds is 10. The molecule has 0 heterocycles. The number of unbranched alkanes of at least 4 members (excludes halogenated alkanes) is 1. The second-order valence-corrected chi connectivity index (χ2v) is 4.06. The molecule has 0 aliphatic heterocycles. The smallest absolute Gasteiger partial charge is 0.123 e. The van der Waals surface area contributed by atoms with Crippen LogP contribution < -0.4 is 10.1 Å². The number of allylic oxidation sites excluding steroid dienone is 1. The second kappa shape index (κ2) is 9.68. The maximum absolute atomic E-state index is 5.78. The molecule has 0 radical (unpaired) electrons. The number of para-hydroxylation sites is 1. The van der Waals surface area contributed by atoms with E-state index in [2.05, 4.69) is 18.0 Å². The van der Waals surface area contributed by atoms with E-state index in [-0.39, 0.29) is 0 Å². The molecule has 0 saturated heterocycles. The Kier molecular flexibility index (Phi) is 7.93. The van der Waals surface area contributed by atoms with Crippen LogP contribution in [0.15, 0.2) is 36.9 Å². The zero-order valence-corrected chi connectivity index (χ0v) is 11.2. The predicted molar refractivity (Wildman–Crippen MR) is 75.0 cm³/mol. The molecule has 0 fully saturated rings. The van der Waals surface area contributed by atoms with Crippen molar-refractivity contribution in [2.75, 3.05) is 26.9 Å². The van der Waals surface area contributed by atoms with E-state index in [1.54, 1.807) is 7.11 Å².